The Labute approximate surface area is 195 Å². The van der Waals surface area contributed by atoms with Gasteiger partial charge in [-0.05, 0) is 99.2 Å². The molecule has 0 aromatic heterocycles. The first-order valence-electron chi connectivity index (χ1n) is 11.3. The maximum Gasteiger partial charge on any atom is 0.293 e. The lowest BCUT2D eigenvalue weighted by Gasteiger charge is -2.47. The van der Waals surface area contributed by atoms with Gasteiger partial charge in [-0.25, -0.2) is 0 Å². The molecule has 2 heterocycles. The number of fused-ring (bicyclic) bond motifs is 1. The van der Waals surface area contributed by atoms with Crippen molar-refractivity contribution in [2.75, 3.05) is 11.4 Å². The van der Waals surface area contributed by atoms with E-state index in [0.29, 0.717) is 17.4 Å². The number of aryl methyl sites for hydroxylation is 2. The van der Waals surface area contributed by atoms with Crippen molar-refractivity contribution in [2.45, 2.75) is 66.0 Å². The Kier molecular flexibility index (Phi) is 5.97. The molecule has 0 bridgehead atoms. The molecule has 2 aromatic rings. The highest BCUT2D eigenvalue weighted by Gasteiger charge is 2.37. The van der Waals surface area contributed by atoms with Crippen LogP contribution in [0.5, 0.6) is 0 Å². The van der Waals surface area contributed by atoms with Gasteiger partial charge in [0, 0.05) is 17.8 Å². The Bertz CT molecular complexity index is 1100. The summed E-state index contributed by atoms with van der Waals surface area (Å²) in [5.41, 5.74) is 6.99. The smallest absolute Gasteiger partial charge is 0.293 e. The monoisotopic (exact) mass is 448 g/mol. The number of carbonyl (C=O) groups is 2. The summed E-state index contributed by atoms with van der Waals surface area (Å²) in [6.45, 7) is 14.5. The molecule has 1 fully saturated rings. The number of thioether (sulfide) groups is 1. The van der Waals surface area contributed by atoms with Gasteiger partial charge in [-0.2, -0.15) is 0 Å². The maximum absolute atomic E-state index is 13.0. The fraction of sp³-hybridized carbons (Fsp3) is 0.407. The Balaban J connectivity index is 1.64. The van der Waals surface area contributed by atoms with E-state index >= 15 is 0 Å². The Morgan fingerprint density at radius 1 is 1.12 bits per heavy atom. The summed E-state index contributed by atoms with van der Waals surface area (Å²) in [5, 5.41) is -0.204. The summed E-state index contributed by atoms with van der Waals surface area (Å²) in [7, 11) is 0. The van der Waals surface area contributed by atoms with Crippen LogP contribution in [0.25, 0.3) is 6.08 Å². The predicted octanol–water partition coefficient (Wildman–Crippen LogP) is 6.65. The molecule has 168 valence electrons. The summed E-state index contributed by atoms with van der Waals surface area (Å²) in [6, 6.07) is 12.4. The number of benzene rings is 2. The molecule has 5 heteroatoms. The van der Waals surface area contributed by atoms with E-state index < -0.39 is 0 Å². The molecule has 2 aromatic carbocycles. The average molecular weight is 449 g/mol. The van der Waals surface area contributed by atoms with Crippen LogP contribution >= 0.6 is 11.8 Å². The topological polar surface area (TPSA) is 40.6 Å². The van der Waals surface area contributed by atoms with Crippen molar-refractivity contribution in [3.8, 4) is 0 Å². The molecule has 0 spiro atoms. The van der Waals surface area contributed by atoms with Crippen LogP contribution in [-0.2, 0) is 11.3 Å². The van der Waals surface area contributed by atoms with Crippen molar-refractivity contribution in [1.82, 2.24) is 4.90 Å². The fourth-order valence-electron chi connectivity index (χ4n) is 5.06. The van der Waals surface area contributed by atoms with Gasteiger partial charge in [0.15, 0.2) is 0 Å². The minimum absolute atomic E-state index is 0.119. The molecule has 32 heavy (non-hydrogen) atoms. The van der Waals surface area contributed by atoms with Crippen LogP contribution in [0.15, 0.2) is 41.3 Å². The number of anilines is 1. The van der Waals surface area contributed by atoms with Gasteiger partial charge >= 0.3 is 0 Å². The number of rotatable bonds is 4. The van der Waals surface area contributed by atoms with Gasteiger partial charge in [0.05, 0.1) is 11.4 Å². The van der Waals surface area contributed by atoms with Gasteiger partial charge < -0.3 is 4.90 Å². The van der Waals surface area contributed by atoms with Crippen molar-refractivity contribution >= 4 is 34.7 Å². The molecule has 0 aliphatic carbocycles. The third kappa shape index (κ3) is 4.11. The van der Waals surface area contributed by atoms with Crippen LogP contribution in [0.3, 0.4) is 0 Å². The number of amides is 2. The predicted molar refractivity (Wildman–Crippen MR) is 134 cm³/mol. The molecule has 0 N–H and O–H groups in total. The van der Waals surface area contributed by atoms with E-state index in [1.807, 2.05) is 37.3 Å². The van der Waals surface area contributed by atoms with E-state index in [2.05, 4.69) is 51.7 Å². The first-order valence-corrected chi connectivity index (χ1v) is 12.2. The van der Waals surface area contributed by atoms with E-state index in [1.165, 1.54) is 16.2 Å². The van der Waals surface area contributed by atoms with Crippen LogP contribution < -0.4 is 4.90 Å². The number of carbonyl (C=O) groups excluding carboxylic acids is 2. The largest absolute Gasteiger partial charge is 0.366 e. The Hall–Kier alpha value is -2.53. The molecular weight excluding hydrogens is 416 g/mol. The van der Waals surface area contributed by atoms with Crippen molar-refractivity contribution in [3.05, 3.63) is 69.1 Å². The van der Waals surface area contributed by atoms with Gasteiger partial charge in [-0.1, -0.05) is 36.8 Å². The summed E-state index contributed by atoms with van der Waals surface area (Å²) < 4.78 is 0. The second kappa shape index (κ2) is 8.43. The SMILES string of the molecule is CCN1c2cc(C)c(/C=C3\SC(=O)N(Cc4ccc(C)cc4)C3=O)cc2[C@@H](C)CC1(C)C. The highest BCUT2D eigenvalue weighted by atomic mass is 32.2. The van der Waals surface area contributed by atoms with Crippen LogP contribution in [-0.4, -0.2) is 28.1 Å². The second-order valence-corrected chi connectivity index (χ2v) is 10.7. The highest BCUT2D eigenvalue weighted by molar-refractivity contribution is 8.18. The summed E-state index contributed by atoms with van der Waals surface area (Å²) in [4.78, 5) is 30.0. The normalized spacial score (nSPS) is 21.4. The zero-order valence-corrected chi connectivity index (χ0v) is 20.7. The number of hydrogen-bond acceptors (Lipinski definition) is 4. The first-order chi connectivity index (χ1) is 15.1. The lowest BCUT2D eigenvalue weighted by molar-refractivity contribution is -0.123. The molecule has 2 aliphatic rings. The van der Waals surface area contributed by atoms with Crippen LogP contribution in [0.2, 0.25) is 0 Å². The van der Waals surface area contributed by atoms with E-state index in [0.717, 1.165) is 47.0 Å². The third-order valence-corrected chi connectivity index (χ3v) is 7.62. The van der Waals surface area contributed by atoms with E-state index in [9.17, 15) is 9.59 Å². The molecule has 2 amide bonds. The van der Waals surface area contributed by atoms with Gasteiger partial charge in [0.1, 0.15) is 0 Å². The molecule has 0 saturated carbocycles. The molecule has 4 nitrogen and oxygen atoms in total. The Morgan fingerprint density at radius 3 is 2.47 bits per heavy atom. The third-order valence-electron chi connectivity index (χ3n) is 6.71. The molecule has 2 aliphatic heterocycles. The van der Waals surface area contributed by atoms with Gasteiger partial charge in [-0.15, -0.1) is 0 Å². The first kappa shape index (κ1) is 22.7. The quantitative estimate of drug-likeness (QED) is 0.491. The number of hydrogen-bond donors (Lipinski definition) is 0. The number of nitrogens with zero attached hydrogens (tertiary/aromatic N) is 2. The van der Waals surface area contributed by atoms with Gasteiger partial charge in [0.25, 0.3) is 11.1 Å². The molecule has 0 unspecified atom stereocenters. The summed E-state index contributed by atoms with van der Waals surface area (Å²) >= 11 is 1.04. The van der Waals surface area contributed by atoms with E-state index in [-0.39, 0.29) is 16.7 Å². The molecule has 1 saturated heterocycles. The van der Waals surface area contributed by atoms with E-state index in [1.54, 1.807) is 0 Å². The summed E-state index contributed by atoms with van der Waals surface area (Å²) in [5.74, 6) is 0.231. The van der Waals surface area contributed by atoms with Gasteiger partial charge in [-0.3, -0.25) is 14.5 Å². The van der Waals surface area contributed by atoms with Crippen molar-refractivity contribution in [3.63, 3.8) is 0 Å². The fourth-order valence-corrected chi connectivity index (χ4v) is 5.89. The zero-order valence-electron chi connectivity index (χ0n) is 19.9. The Morgan fingerprint density at radius 2 is 1.81 bits per heavy atom. The average Bonchev–Trinajstić information content (AvgIpc) is 2.98. The lowest BCUT2D eigenvalue weighted by atomic mass is 9.79. The zero-order chi connectivity index (χ0) is 23.2. The molecule has 4 rings (SSSR count). The standard InChI is InChI=1S/C27H32N2O2S/c1-7-29-23-12-18(3)21(13-22(23)19(4)15-27(29,5)6)14-24-25(30)28(26(31)32-24)16-20-10-8-17(2)9-11-20/h8-14,19H,7,15-16H2,1-6H3/b24-14-/t19-/m0/s1. The molecule has 1 atom stereocenters. The van der Waals surface area contributed by atoms with Crippen LogP contribution in [0, 0.1) is 13.8 Å². The van der Waals surface area contributed by atoms with E-state index in [4.69, 9.17) is 0 Å². The van der Waals surface area contributed by atoms with Crippen molar-refractivity contribution in [1.29, 1.82) is 0 Å². The molecule has 0 radical (unpaired) electrons. The minimum atomic E-state index is -0.206. The van der Waals surface area contributed by atoms with Gasteiger partial charge in [0.2, 0.25) is 0 Å². The minimum Gasteiger partial charge on any atom is -0.366 e. The van der Waals surface area contributed by atoms with Crippen LogP contribution in [0.4, 0.5) is 10.5 Å². The number of imide groups is 1. The van der Waals surface area contributed by atoms with Crippen LogP contribution in [0.1, 0.15) is 67.9 Å². The van der Waals surface area contributed by atoms with Crippen molar-refractivity contribution < 1.29 is 9.59 Å². The second-order valence-electron chi connectivity index (χ2n) is 9.68. The highest BCUT2D eigenvalue weighted by Crippen LogP contribution is 2.45. The lowest BCUT2D eigenvalue weighted by Crippen LogP contribution is -2.48. The summed E-state index contributed by atoms with van der Waals surface area (Å²) in [6.07, 6.45) is 2.99. The van der Waals surface area contributed by atoms with Crippen molar-refractivity contribution in [2.24, 2.45) is 0 Å². The maximum atomic E-state index is 13.0. The molecular formula is C27H32N2O2S.